The standard InChI is InChI=1S/C29H28FN5OS/c1-19-8-9-20(2)24(18-19)32-26(36)14-17-35-28(27(33-29(35)37)23-6-3-4-15-31-23)25-7-5-16-34(25)22-12-10-21(30)11-13-22/h3-13,15-16,18,27-28H,14,17H2,1-2H3,(H,32,36)(H,33,37)/t27-,28-/m1/s1. The van der Waals surface area contributed by atoms with Gasteiger partial charge in [0.2, 0.25) is 5.91 Å². The molecule has 0 radical (unpaired) electrons. The largest absolute Gasteiger partial charge is 0.352 e. The molecule has 8 heteroatoms. The summed E-state index contributed by atoms with van der Waals surface area (Å²) >= 11 is 5.76. The summed E-state index contributed by atoms with van der Waals surface area (Å²) in [6.45, 7) is 4.40. The van der Waals surface area contributed by atoms with Crippen molar-refractivity contribution in [3.05, 3.63) is 114 Å². The minimum atomic E-state index is -0.288. The highest BCUT2D eigenvalue weighted by Gasteiger charge is 2.41. The minimum absolute atomic E-state index is 0.0783. The van der Waals surface area contributed by atoms with Crippen LogP contribution in [-0.2, 0) is 4.79 Å². The number of aromatic nitrogens is 2. The summed E-state index contributed by atoms with van der Waals surface area (Å²) in [4.78, 5) is 19.6. The smallest absolute Gasteiger partial charge is 0.226 e. The molecule has 3 heterocycles. The van der Waals surface area contributed by atoms with Crippen molar-refractivity contribution in [1.29, 1.82) is 0 Å². The van der Waals surface area contributed by atoms with Gasteiger partial charge in [0.1, 0.15) is 5.82 Å². The Morgan fingerprint density at radius 3 is 2.65 bits per heavy atom. The number of amides is 1. The Labute approximate surface area is 221 Å². The van der Waals surface area contributed by atoms with E-state index in [2.05, 4.69) is 15.6 Å². The highest BCUT2D eigenvalue weighted by Crippen LogP contribution is 2.39. The summed E-state index contributed by atoms with van der Waals surface area (Å²) in [5.41, 5.74) is 5.58. The Hall–Kier alpha value is -4.04. The van der Waals surface area contributed by atoms with Gasteiger partial charge in [0.15, 0.2) is 5.11 Å². The number of thiocarbonyl (C=S) groups is 1. The maximum atomic E-state index is 13.6. The number of pyridine rings is 1. The molecular formula is C29H28FN5OS. The summed E-state index contributed by atoms with van der Waals surface area (Å²) in [5, 5.41) is 7.03. The van der Waals surface area contributed by atoms with Gasteiger partial charge in [-0.3, -0.25) is 9.78 Å². The average Bonchev–Trinajstić information content (AvgIpc) is 3.50. The molecule has 2 aromatic heterocycles. The van der Waals surface area contributed by atoms with E-state index >= 15 is 0 Å². The van der Waals surface area contributed by atoms with E-state index in [1.807, 2.05) is 78.0 Å². The van der Waals surface area contributed by atoms with E-state index in [0.717, 1.165) is 33.9 Å². The van der Waals surface area contributed by atoms with Gasteiger partial charge >= 0.3 is 0 Å². The normalized spacial score (nSPS) is 17.1. The number of benzene rings is 2. The predicted molar refractivity (Wildman–Crippen MR) is 147 cm³/mol. The molecule has 2 N–H and O–H groups in total. The van der Waals surface area contributed by atoms with Crippen LogP contribution in [0.15, 0.2) is 85.2 Å². The second-order valence-electron chi connectivity index (χ2n) is 9.22. The van der Waals surface area contributed by atoms with Crippen molar-refractivity contribution < 1.29 is 9.18 Å². The maximum Gasteiger partial charge on any atom is 0.226 e. The molecular weight excluding hydrogens is 485 g/mol. The molecule has 0 spiro atoms. The minimum Gasteiger partial charge on any atom is -0.352 e. The predicted octanol–water partition coefficient (Wildman–Crippen LogP) is 5.63. The third-order valence-electron chi connectivity index (χ3n) is 6.63. The molecule has 2 atom stereocenters. The zero-order chi connectivity index (χ0) is 25.9. The average molecular weight is 514 g/mol. The third-order valence-corrected chi connectivity index (χ3v) is 6.99. The first-order valence-corrected chi connectivity index (χ1v) is 12.6. The van der Waals surface area contributed by atoms with Crippen molar-refractivity contribution in [2.45, 2.75) is 32.4 Å². The number of nitrogens with one attached hydrogen (secondary N) is 2. The molecule has 0 unspecified atom stereocenters. The van der Waals surface area contributed by atoms with Crippen molar-refractivity contribution in [3.8, 4) is 5.69 Å². The van der Waals surface area contributed by atoms with E-state index in [1.54, 1.807) is 18.3 Å². The Morgan fingerprint density at radius 2 is 1.89 bits per heavy atom. The second kappa shape index (κ2) is 10.5. The quantitative estimate of drug-likeness (QED) is 0.314. The molecule has 2 aromatic carbocycles. The van der Waals surface area contributed by atoms with Crippen LogP contribution in [0.4, 0.5) is 10.1 Å². The number of hydrogen-bond donors (Lipinski definition) is 2. The zero-order valence-corrected chi connectivity index (χ0v) is 21.5. The van der Waals surface area contributed by atoms with Crippen LogP contribution in [-0.4, -0.2) is 32.0 Å². The Bertz CT molecular complexity index is 1420. The number of aryl methyl sites for hydroxylation is 2. The molecule has 5 rings (SSSR count). The zero-order valence-electron chi connectivity index (χ0n) is 20.7. The number of nitrogens with zero attached hydrogens (tertiary/aromatic N) is 3. The van der Waals surface area contributed by atoms with Crippen LogP contribution in [0.2, 0.25) is 0 Å². The van der Waals surface area contributed by atoms with E-state index < -0.39 is 0 Å². The number of carbonyl (C=O) groups is 1. The summed E-state index contributed by atoms with van der Waals surface area (Å²) < 4.78 is 15.6. The SMILES string of the molecule is Cc1ccc(C)c(NC(=O)CCN2C(=S)N[C@H](c3ccccn3)[C@H]2c2cccn2-c2ccc(F)cc2)c1. The van der Waals surface area contributed by atoms with Crippen molar-refractivity contribution in [3.63, 3.8) is 0 Å². The molecule has 1 aliphatic heterocycles. The van der Waals surface area contributed by atoms with Gasteiger partial charge in [0.05, 0.1) is 17.8 Å². The van der Waals surface area contributed by atoms with Gasteiger partial charge in [-0.1, -0.05) is 18.2 Å². The highest BCUT2D eigenvalue weighted by atomic mass is 32.1. The molecule has 4 aromatic rings. The van der Waals surface area contributed by atoms with Crippen molar-refractivity contribution in [2.75, 3.05) is 11.9 Å². The molecule has 0 bridgehead atoms. The molecule has 37 heavy (non-hydrogen) atoms. The molecule has 0 saturated carbocycles. The molecule has 1 saturated heterocycles. The fourth-order valence-corrected chi connectivity index (χ4v) is 5.08. The molecule has 1 amide bonds. The van der Waals surface area contributed by atoms with E-state index in [4.69, 9.17) is 12.2 Å². The molecule has 1 fully saturated rings. The summed E-state index contributed by atoms with van der Waals surface area (Å²) in [6, 6.07) is 21.7. The first-order valence-electron chi connectivity index (χ1n) is 12.2. The summed E-state index contributed by atoms with van der Waals surface area (Å²) in [7, 11) is 0. The molecule has 188 valence electrons. The van der Waals surface area contributed by atoms with Crippen LogP contribution in [0, 0.1) is 19.7 Å². The van der Waals surface area contributed by atoms with Gasteiger partial charge in [-0.25, -0.2) is 4.39 Å². The number of carbonyl (C=O) groups excluding carboxylic acids is 1. The lowest BCUT2D eigenvalue weighted by Gasteiger charge is -2.29. The van der Waals surface area contributed by atoms with Gasteiger partial charge in [0, 0.05) is 42.4 Å². The van der Waals surface area contributed by atoms with Gasteiger partial charge in [-0.2, -0.15) is 0 Å². The molecule has 0 aliphatic carbocycles. The lowest BCUT2D eigenvalue weighted by atomic mass is 10.0. The maximum absolute atomic E-state index is 13.6. The van der Waals surface area contributed by atoms with Gasteiger partial charge in [-0.15, -0.1) is 0 Å². The van der Waals surface area contributed by atoms with Crippen LogP contribution in [0.25, 0.3) is 5.69 Å². The van der Waals surface area contributed by atoms with Crippen LogP contribution >= 0.6 is 12.2 Å². The number of anilines is 1. The first-order chi connectivity index (χ1) is 17.9. The Balaban J connectivity index is 1.44. The van der Waals surface area contributed by atoms with E-state index in [-0.39, 0.29) is 30.2 Å². The third kappa shape index (κ3) is 5.24. The van der Waals surface area contributed by atoms with Gasteiger partial charge < -0.3 is 20.1 Å². The van der Waals surface area contributed by atoms with Crippen LogP contribution < -0.4 is 10.6 Å². The highest BCUT2D eigenvalue weighted by molar-refractivity contribution is 7.80. The van der Waals surface area contributed by atoms with Crippen LogP contribution in [0.3, 0.4) is 0 Å². The molecule has 1 aliphatic rings. The molecule has 6 nitrogen and oxygen atoms in total. The van der Waals surface area contributed by atoms with Crippen molar-refractivity contribution >= 4 is 28.9 Å². The lowest BCUT2D eigenvalue weighted by molar-refractivity contribution is -0.116. The van der Waals surface area contributed by atoms with E-state index in [0.29, 0.717) is 11.7 Å². The summed E-state index contributed by atoms with van der Waals surface area (Å²) in [5.74, 6) is -0.366. The fraction of sp³-hybridized carbons (Fsp3) is 0.207. The van der Waals surface area contributed by atoms with E-state index in [9.17, 15) is 9.18 Å². The second-order valence-corrected chi connectivity index (χ2v) is 9.60. The fourth-order valence-electron chi connectivity index (χ4n) is 4.75. The number of hydrogen-bond acceptors (Lipinski definition) is 3. The van der Waals surface area contributed by atoms with Crippen molar-refractivity contribution in [2.24, 2.45) is 0 Å². The van der Waals surface area contributed by atoms with Gasteiger partial charge in [0.25, 0.3) is 0 Å². The van der Waals surface area contributed by atoms with E-state index in [1.165, 1.54) is 12.1 Å². The van der Waals surface area contributed by atoms with Crippen LogP contribution in [0.5, 0.6) is 0 Å². The number of halogens is 1. The monoisotopic (exact) mass is 513 g/mol. The Morgan fingerprint density at radius 1 is 1.08 bits per heavy atom. The van der Waals surface area contributed by atoms with Crippen LogP contribution in [0.1, 0.15) is 41.0 Å². The Kier molecular flexibility index (Phi) is 7.01. The van der Waals surface area contributed by atoms with Crippen molar-refractivity contribution in [1.82, 2.24) is 19.8 Å². The number of rotatable bonds is 7. The first kappa shape index (κ1) is 24.6. The lowest BCUT2D eigenvalue weighted by Crippen LogP contribution is -2.33. The summed E-state index contributed by atoms with van der Waals surface area (Å²) in [6.07, 6.45) is 3.97. The van der Waals surface area contributed by atoms with Gasteiger partial charge in [-0.05, 0) is 91.8 Å². The topological polar surface area (TPSA) is 62.2 Å².